The van der Waals surface area contributed by atoms with Gasteiger partial charge < -0.3 is 4.57 Å². The van der Waals surface area contributed by atoms with Crippen molar-refractivity contribution in [3.05, 3.63) is 35.0 Å². The molecule has 0 aliphatic carbocycles. The minimum absolute atomic E-state index is 0.0753. The SMILES string of the molecule is CS(=O)(=O)CCn1c(CCl)c(Cl)c2ccccc21. The second kappa shape index (κ2) is 5.11. The summed E-state index contributed by atoms with van der Waals surface area (Å²) in [6, 6.07) is 7.62. The Bertz CT molecular complexity index is 677. The third-order valence-electron chi connectivity index (χ3n) is 2.82. The van der Waals surface area contributed by atoms with Crippen LogP contribution < -0.4 is 0 Å². The highest BCUT2D eigenvalue weighted by Crippen LogP contribution is 2.31. The molecule has 0 amide bonds. The molecule has 0 aliphatic heterocycles. The van der Waals surface area contributed by atoms with Crippen LogP contribution in [0.15, 0.2) is 24.3 Å². The lowest BCUT2D eigenvalue weighted by atomic mass is 10.2. The highest BCUT2D eigenvalue weighted by Gasteiger charge is 2.15. The second-order valence-electron chi connectivity index (χ2n) is 4.19. The molecule has 1 aromatic heterocycles. The number of benzene rings is 1. The first kappa shape index (κ1) is 13.7. The van der Waals surface area contributed by atoms with E-state index in [1.54, 1.807) is 0 Å². The van der Waals surface area contributed by atoms with Gasteiger partial charge in [0.1, 0.15) is 9.84 Å². The zero-order valence-corrected chi connectivity index (χ0v) is 12.2. The molecular weight excluding hydrogens is 293 g/mol. The Morgan fingerprint density at radius 2 is 1.94 bits per heavy atom. The van der Waals surface area contributed by atoms with E-state index < -0.39 is 9.84 Å². The lowest BCUT2D eigenvalue weighted by molar-refractivity contribution is 0.595. The Labute approximate surface area is 116 Å². The van der Waals surface area contributed by atoms with E-state index in [-0.39, 0.29) is 11.6 Å². The van der Waals surface area contributed by atoms with Gasteiger partial charge in [0.05, 0.1) is 22.3 Å². The first-order valence-electron chi connectivity index (χ1n) is 5.43. The Kier molecular flexibility index (Phi) is 3.90. The lowest BCUT2D eigenvalue weighted by Crippen LogP contribution is -2.12. The van der Waals surface area contributed by atoms with Crippen molar-refractivity contribution in [2.24, 2.45) is 0 Å². The number of aromatic nitrogens is 1. The van der Waals surface area contributed by atoms with E-state index in [2.05, 4.69) is 0 Å². The van der Waals surface area contributed by atoms with Crippen molar-refractivity contribution in [1.82, 2.24) is 4.57 Å². The number of hydrogen-bond acceptors (Lipinski definition) is 2. The van der Waals surface area contributed by atoms with Crippen molar-refractivity contribution in [2.75, 3.05) is 12.0 Å². The fraction of sp³-hybridized carbons (Fsp3) is 0.333. The summed E-state index contributed by atoms with van der Waals surface area (Å²) in [7, 11) is -3.01. The fourth-order valence-electron chi connectivity index (χ4n) is 1.96. The van der Waals surface area contributed by atoms with E-state index in [1.807, 2.05) is 28.8 Å². The maximum atomic E-state index is 11.3. The average molecular weight is 306 g/mol. The number of hydrogen-bond donors (Lipinski definition) is 0. The van der Waals surface area contributed by atoms with E-state index >= 15 is 0 Å². The molecule has 0 N–H and O–H groups in total. The third-order valence-corrected chi connectivity index (χ3v) is 4.42. The topological polar surface area (TPSA) is 39.1 Å². The van der Waals surface area contributed by atoms with Crippen molar-refractivity contribution in [3.8, 4) is 0 Å². The number of rotatable bonds is 4. The van der Waals surface area contributed by atoms with Crippen LogP contribution in [0.2, 0.25) is 5.02 Å². The molecule has 0 spiro atoms. The Morgan fingerprint density at radius 3 is 2.56 bits per heavy atom. The maximum absolute atomic E-state index is 11.3. The van der Waals surface area contributed by atoms with Crippen molar-refractivity contribution >= 4 is 43.9 Å². The van der Waals surface area contributed by atoms with Gasteiger partial charge in [0.15, 0.2) is 0 Å². The zero-order chi connectivity index (χ0) is 13.3. The van der Waals surface area contributed by atoms with Gasteiger partial charge in [-0.3, -0.25) is 0 Å². The molecule has 1 heterocycles. The van der Waals surface area contributed by atoms with Crippen molar-refractivity contribution in [1.29, 1.82) is 0 Å². The summed E-state index contributed by atoms with van der Waals surface area (Å²) in [5.41, 5.74) is 1.69. The normalized spacial score (nSPS) is 12.2. The minimum Gasteiger partial charge on any atom is -0.341 e. The molecule has 3 nitrogen and oxygen atoms in total. The van der Waals surface area contributed by atoms with Crippen LogP contribution in [0, 0.1) is 0 Å². The van der Waals surface area contributed by atoms with Crippen LogP contribution in [0.3, 0.4) is 0 Å². The van der Waals surface area contributed by atoms with Gasteiger partial charge in [-0.25, -0.2) is 8.42 Å². The van der Waals surface area contributed by atoms with Crippen LogP contribution in [0.4, 0.5) is 0 Å². The quantitative estimate of drug-likeness (QED) is 0.814. The second-order valence-corrected chi connectivity index (χ2v) is 7.10. The van der Waals surface area contributed by atoms with Gasteiger partial charge in [0.2, 0.25) is 0 Å². The number of aryl methyl sites for hydroxylation is 1. The summed E-state index contributed by atoms with van der Waals surface area (Å²) >= 11 is 12.2. The third kappa shape index (κ3) is 2.66. The van der Waals surface area contributed by atoms with Crippen LogP contribution in [0.5, 0.6) is 0 Å². The molecule has 0 unspecified atom stereocenters. The summed E-state index contributed by atoms with van der Waals surface area (Å²) in [6.07, 6.45) is 1.22. The van der Waals surface area contributed by atoms with Gasteiger partial charge in [0, 0.05) is 23.7 Å². The summed E-state index contributed by atoms with van der Waals surface area (Å²) in [4.78, 5) is 0. The Balaban J connectivity index is 2.54. The van der Waals surface area contributed by atoms with Crippen molar-refractivity contribution in [2.45, 2.75) is 12.4 Å². The first-order valence-corrected chi connectivity index (χ1v) is 8.40. The largest absolute Gasteiger partial charge is 0.341 e. The van der Waals surface area contributed by atoms with E-state index in [9.17, 15) is 8.42 Å². The smallest absolute Gasteiger partial charge is 0.149 e. The highest BCUT2D eigenvalue weighted by atomic mass is 35.5. The molecule has 1 aromatic carbocycles. The Morgan fingerprint density at radius 1 is 1.28 bits per heavy atom. The van der Waals surface area contributed by atoms with Gasteiger partial charge in [-0.1, -0.05) is 29.8 Å². The predicted molar refractivity (Wildman–Crippen MR) is 76.2 cm³/mol. The van der Waals surface area contributed by atoms with E-state index in [1.165, 1.54) is 6.26 Å². The molecular formula is C12H13Cl2NO2S. The predicted octanol–water partition coefficient (Wildman–Crippen LogP) is 3.08. The molecule has 0 atom stereocenters. The van der Waals surface area contributed by atoms with Crippen LogP contribution in [-0.4, -0.2) is 25.0 Å². The average Bonchev–Trinajstić information content (AvgIpc) is 2.59. The number of para-hydroxylation sites is 1. The summed E-state index contributed by atoms with van der Waals surface area (Å²) < 4.78 is 24.4. The number of fused-ring (bicyclic) bond motifs is 1. The molecule has 0 radical (unpaired) electrons. The first-order chi connectivity index (χ1) is 8.44. The number of alkyl halides is 1. The molecule has 0 aliphatic rings. The molecule has 0 bridgehead atoms. The fourth-order valence-corrected chi connectivity index (χ4v) is 3.15. The monoisotopic (exact) mass is 305 g/mol. The molecule has 0 fully saturated rings. The van der Waals surface area contributed by atoms with Gasteiger partial charge in [-0.15, -0.1) is 11.6 Å². The highest BCUT2D eigenvalue weighted by molar-refractivity contribution is 7.90. The van der Waals surface area contributed by atoms with E-state index in [0.717, 1.165) is 16.6 Å². The van der Waals surface area contributed by atoms with E-state index in [4.69, 9.17) is 23.2 Å². The van der Waals surface area contributed by atoms with Crippen molar-refractivity contribution in [3.63, 3.8) is 0 Å². The number of halogens is 2. The van der Waals surface area contributed by atoms with Gasteiger partial charge in [-0.05, 0) is 6.07 Å². The zero-order valence-electron chi connectivity index (χ0n) is 9.86. The minimum atomic E-state index is -3.01. The molecule has 98 valence electrons. The molecule has 2 rings (SSSR count). The molecule has 6 heteroatoms. The number of sulfone groups is 1. The standard InChI is InChI=1S/C12H13Cl2NO2S/c1-18(16,17)7-6-15-10-5-3-2-4-9(10)12(14)11(15)8-13/h2-5H,6-8H2,1H3. The van der Waals surface area contributed by atoms with Crippen LogP contribution in [0.25, 0.3) is 10.9 Å². The Hall–Kier alpha value is -0.710. The summed E-state index contributed by atoms with van der Waals surface area (Å²) in [6.45, 7) is 0.369. The molecule has 0 saturated carbocycles. The molecule has 18 heavy (non-hydrogen) atoms. The summed E-state index contributed by atoms with van der Waals surface area (Å²) in [5.74, 6) is 0.336. The molecule has 2 aromatic rings. The summed E-state index contributed by atoms with van der Waals surface area (Å²) in [5, 5.41) is 1.51. The van der Waals surface area contributed by atoms with Gasteiger partial charge >= 0.3 is 0 Å². The van der Waals surface area contributed by atoms with E-state index in [0.29, 0.717) is 11.6 Å². The maximum Gasteiger partial charge on any atom is 0.149 e. The van der Waals surface area contributed by atoms with Crippen LogP contribution >= 0.6 is 23.2 Å². The van der Waals surface area contributed by atoms with Gasteiger partial charge in [0.25, 0.3) is 0 Å². The lowest BCUT2D eigenvalue weighted by Gasteiger charge is -2.08. The number of nitrogens with zero attached hydrogens (tertiary/aromatic N) is 1. The van der Waals surface area contributed by atoms with Gasteiger partial charge in [-0.2, -0.15) is 0 Å². The van der Waals surface area contributed by atoms with Crippen molar-refractivity contribution < 1.29 is 8.42 Å². The molecule has 0 saturated heterocycles. The van der Waals surface area contributed by atoms with Crippen LogP contribution in [0.1, 0.15) is 5.69 Å². The van der Waals surface area contributed by atoms with Crippen LogP contribution in [-0.2, 0) is 22.3 Å².